The zero-order chi connectivity index (χ0) is 21.5. The van der Waals surface area contributed by atoms with Gasteiger partial charge in [0, 0.05) is 17.0 Å². The third-order valence-corrected chi connectivity index (χ3v) is 8.86. The summed E-state index contributed by atoms with van der Waals surface area (Å²) < 4.78 is 54.7. The van der Waals surface area contributed by atoms with Crippen LogP contribution in [0.5, 0.6) is 0 Å². The number of hydrogen-bond donors (Lipinski definition) is 1. The van der Waals surface area contributed by atoms with Crippen LogP contribution in [0.3, 0.4) is 0 Å². The number of halogens is 1. The van der Waals surface area contributed by atoms with Gasteiger partial charge in [0.25, 0.3) is 0 Å². The molecular weight excluding hydrogens is 442 g/mol. The van der Waals surface area contributed by atoms with Gasteiger partial charge in [-0.05, 0) is 60.9 Å². The molecule has 0 saturated heterocycles. The predicted molar refractivity (Wildman–Crippen MR) is 116 cm³/mol. The molecule has 8 heteroatoms. The van der Waals surface area contributed by atoms with Crippen molar-refractivity contribution < 1.29 is 16.8 Å². The minimum atomic E-state index is -3.88. The minimum absolute atomic E-state index is 0.0312. The highest BCUT2D eigenvalue weighted by Gasteiger charge is 2.41. The van der Waals surface area contributed by atoms with Crippen molar-refractivity contribution in [3.63, 3.8) is 0 Å². The van der Waals surface area contributed by atoms with E-state index in [0.29, 0.717) is 17.0 Å². The summed E-state index contributed by atoms with van der Waals surface area (Å²) in [6, 6.07) is 19.4. The van der Waals surface area contributed by atoms with Crippen LogP contribution in [0.15, 0.2) is 87.5 Å². The first-order chi connectivity index (χ1) is 14.2. The van der Waals surface area contributed by atoms with E-state index in [2.05, 4.69) is 4.72 Å². The van der Waals surface area contributed by atoms with Gasteiger partial charge in [0.1, 0.15) is 0 Å². The summed E-state index contributed by atoms with van der Waals surface area (Å²) in [6.45, 7) is 1.65. The Hall–Kier alpha value is -2.19. The van der Waals surface area contributed by atoms with Crippen molar-refractivity contribution in [2.75, 3.05) is 0 Å². The van der Waals surface area contributed by atoms with Crippen LogP contribution in [0, 0.1) is 6.92 Å². The highest BCUT2D eigenvalue weighted by molar-refractivity contribution is 7.91. The maximum absolute atomic E-state index is 13.0. The van der Waals surface area contributed by atoms with Crippen LogP contribution in [0.4, 0.5) is 0 Å². The number of aryl methyl sites for hydroxylation is 1. The molecular formula is C22H20ClNO4S2. The number of benzene rings is 3. The topological polar surface area (TPSA) is 80.3 Å². The molecule has 156 valence electrons. The highest BCUT2D eigenvalue weighted by atomic mass is 35.5. The summed E-state index contributed by atoms with van der Waals surface area (Å²) in [5.74, 6) is 0.127. The fourth-order valence-electron chi connectivity index (χ4n) is 3.44. The third-order valence-electron chi connectivity index (χ3n) is 5.21. The Morgan fingerprint density at radius 1 is 0.867 bits per heavy atom. The van der Waals surface area contributed by atoms with Gasteiger partial charge in [0.2, 0.25) is 19.9 Å². The van der Waals surface area contributed by atoms with Crippen molar-refractivity contribution in [3.8, 4) is 0 Å². The summed E-state index contributed by atoms with van der Waals surface area (Å²) >= 11 is 5.84. The van der Waals surface area contributed by atoms with Crippen LogP contribution in [0.1, 0.15) is 23.5 Å². The molecule has 5 nitrogen and oxygen atoms in total. The molecule has 1 N–H and O–H groups in total. The van der Waals surface area contributed by atoms with Crippen molar-refractivity contribution in [1.29, 1.82) is 0 Å². The van der Waals surface area contributed by atoms with E-state index in [-0.39, 0.29) is 26.6 Å². The molecule has 1 saturated carbocycles. The predicted octanol–water partition coefficient (Wildman–Crippen LogP) is 4.32. The molecule has 30 heavy (non-hydrogen) atoms. The lowest BCUT2D eigenvalue weighted by Gasteiger charge is -2.12. The van der Waals surface area contributed by atoms with Gasteiger partial charge in [0.05, 0.1) is 14.7 Å². The normalized spacial score (nSPS) is 18.9. The van der Waals surface area contributed by atoms with E-state index in [1.54, 1.807) is 6.92 Å². The maximum atomic E-state index is 13.0. The van der Waals surface area contributed by atoms with Crippen molar-refractivity contribution in [1.82, 2.24) is 4.72 Å². The van der Waals surface area contributed by atoms with Gasteiger partial charge in [-0.1, -0.05) is 48.0 Å². The van der Waals surface area contributed by atoms with Crippen LogP contribution >= 0.6 is 11.6 Å². The zero-order valence-corrected chi connectivity index (χ0v) is 18.5. The molecule has 3 aromatic carbocycles. The Morgan fingerprint density at radius 3 is 2.17 bits per heavy atom. The average molecular weight is 462 g/mol. The molecule has 0 unspecified atom stereocenters. The first-order valence-electron chi connectivity index (χ1n) is 9.37. The number of hydrogen-bond acceptors (Lipinski definition) is 4. The van der Waals surface area contributed by atoms with Gasteiger partial charge in [-0.2, -0.15) is 0 Å². The highest BCUT2D eigenvalue weighted by Crippen LogP contribution is 2.41. The Morgan fingerprint density at radius 2 is 1.50 bits per heavy atom. The van der Waals surface area contributed by atoms with Crippen LogP contribution in [-0.2, 0) is 19.9 Å². The smallest absolute Gasteiger partial charge is 0.219 e. The lowest BCUT2D eigenvalue weighted by atomic mass is 10.1. The molecule has 2 atom stereocenters. The number of sulfone groups is 1. The average Bonchev–Trinajstić information content (AvgIpc) is 3.47. The second-order valence-electron chi connectivity index (χ2n) is 7.37. The van der Waals surface area contributed by atoms with Gasteiger partial charge in [-0.15, -0.1) is 0 Å². The Kier molecular flexibility index (Phi) is 5.48. The largest absolute Gasteiger partial charge is 0.241 e. The van der Waals surface area contributed by atoms with Crippen LogP contribution < -0.4 is 4.72 Å². The molecule has 0 bridgehead atoms. The Bertz CT molecular complexity index is 1290. The van der Waals surface area contributed by atoms with Crippen molar-refractivity contribution >= 4 is 31.5 Å². The third kappa shape index (κ3) is 4.16. The van der Waals surface area contributed by atoms with E-state index >= 15 is 0 Å². The van der Waals surface area contributed by atoms with Gasteiger partial charge < -0.3 is 0 Å². The van der Waals surface area contributed by atoms with Gasteiger partial charge in [-0.3, -0.25) is 0 Å². The Balaban J connectivity index is 1.62. The van der Waals surface area contributed by atoms with Gasteiger partial charge in [-0.25, -0.2) is 21.6 Å². The fourth-order valence-corrected chi connectivity index (χ4v) is 6.49. The lowest BCUT2D eigenvalue weighted by Crippen LogP contribution is -2.27. The van der Waals surface area contributed by atoms with Crippen LogP contribution in [0.25, 0.3) is 0 Å². The standard InChI is InChI=1S/C22H20ClNO4S2/c1-15-7-10-19(29(25,26)18-11-8-17(23)9-12-18)13-22(15)30(27,28)24-21-14-20(21)16-5-3-2-4-6-16/h2-13,20-21,24H,14H2,1H3/t20-,21+/m1/s1. The summed E-state index contributed by atoms with van der Waals surface area (Å²) in [7, 11) is -7.75. The number of sulfonamides is 1. The minimum Gasteiger partial charge on any atom is -0.219 e. The van der Waals surface area contributed by atoms with E-state index in [1.807, 2.05) is 30.3 Å². The maximum Gasteiger partial charge on any atom is 0.241 e. The molecule has 3 aromatic rings. The summed E-state index contributed by atoms with van der Waals surface area (Å²) in [4.78, 5) is -0.0548. The molecule has 1 aliphatic rings. The molecule has 0 amide bonds. The second kappa shape index (κ2) is 7.81. The molecule has 0 aliphatic heterocycles. The Labute approximate surface area is 181 Å². The van der Waals surface area contributed by atoms with Gasteiger partial charge in [0.15, 0.2) is 0 Å². The van der Waals surface area contributed by atoms with Crippen molar-refractivity contribution in [2.24, 2.45) is 0 Å². The van der Waals surface area contributed by atoms with Crippen molar-refractivity contribution in [3.05, 3.63) is 88.9 Å². The lowest BCUT2D eigenvalue weighted by molar-refractivity contribution is 0.579. The molecule has 0 heterocycles. The SMILES string of the molecule is Cc1ccc(S(=O)(=O)c2ccc(Cl)cc2)cc1S(=O)(=O)N[C@H]1C[C@@H]1c1ccccc1. The molecule has 1 fully saturated rings. The molecule has 0 aromatic heterocycles. The zero-order valence-electron chi connectivity index (χ0n) is 16.1. The fraction of sp³-hybridized carbons (Fsp3) is 0.182. The summed E-state index contributed by atoms with van der Waals surface area (Å²) in [6.07, 6.45) is 0.713. The van der Waals surface area contributed by atoms with E-state index in [0.717, 1.165) is 5.56 Å². The van der Waals surface area contributed by atoms with Crippen LogP contribution in [0.2, 0.25) is 5.02 Å². The first-order valence-corrected chi connectivity index (χ1v) is 12.7. The van der Waals surface area contributed by atoms with E-state index in [4.69, 9.17) is 11.6 Å². The number of rotatable bonds is 6. The molecule has 0 radical (unpaired) electrons. The molecule has 4 rings (SSSR count). The summed E-state index contributed by atoms with van der Waals surface area (Å²) in [5, 5.41) is 0.419. The van der Waals surface area contributed by atoms with Gasteiger partial charge >= 0.3 is 0 Å². The number of nitrogens with one attached hydrogen (secondary N) is 1. The van der Waals surface area contributed by atoms with Crippen molar-refractivity contribution in [2.45, 2.75) is 40.0 Å². The second-order valence-corrected chi connectivity index (χ2v) is 11.4. The monoisotopic (exact) mass is 461 g/mol. The molecule has 0 spiro atoms. The molecule has 1 aliphatic carbocycles. The van der Waals surface area contributed by atoms with E-state index in [1.165, 1.54) is 42.5 Å². The quantitative estimate of drug-likeness (QED) is 0.593. The van der Waals surface area contributed by atoms with Crippen LogP contribution in [-0.4, -0.2) is 22.9 Å². The first kappa shape index (κ1) is 21.1. The van der Waals surface area contributed by atoms with E-state index < -0.39 is 19.9 Å². The summed E-state index contributed by atoms with van der Waals surface area (Å²) in [5.41, 5.74) is 1.57. The van der Waals surface area contributed by atoms with E-state index in [9.17, 15) is 16.8 Å².